The highest BCUT2D eigenvalue weighted by Crippen LogP contribution is 2.26. The van der Waals surface area contributed by atoms with Gasteiger partial charge in [0.05, 0.1) is 4.92 Å². The summed E-state index contributed by atoms with van der Waals surface area (Å²) in [6.07, 6.45) is 6.11. The summed E-state index contributed by atoms with van der Waals surface area (Å²) >= 11 is 0. The third-order valence-corrected chi connectivity index (χ3v) is 3.93. The van der Waals surface area contributed by atoms with Crippen molar-refractivity contribution in [3.63, 3.8) is 0 Å². The topological polar surface area (TPSA) is 58.4 Å². The van der Waals surface area contributed by atoms with Crippen LogP contribution >= 0.6 is 0 Å². The van der Waals surface area contributed by atoms with Crippen LogP contribution in [0.4, 0.5) is 11.4 Å². The van der Waals surface area contributed by atoms with E-state index in [4.69, 9.17) is 0 Å². The van der Waals surface area contributed by atoms with E-state index in [2.05, 4.69) is 17.1 Å². The van der Waals surface area contributed by atoms with E-state index in [1.807, 2.05) is 12.1 Å². The molecule has 5 nitrogen and oxygen atoms in total. The van der Waals surface area contributed by atoms with Gasteiger partial charge in [0, 0.05) is 19.2 Å². The van der Waals surface area contributed by atoms with E-state index in [-0.39, 0.29) is 10.6 Å². The molecule has 116 valence electrons. The largest absolute Gasteiger partial charge is 0.379 e. The lowest BCUT2D eigenvalue weighted by atomic mass is 10.1. The first kappa shape index (κ1) is 15.8. The minimum absolute atomic E-state index is 0.170. The molecule has 0 spiro atoms. The fourth-order valence-electron chi connectivity index (χ4n) is 2.79. The first-order valence-electron chi connectivity index (χ1n) is 7.94. The van der Waals surface area contributed by atoms with E-state index in [1.165, 1.54) is 25.7 Å². The van der Waals surface area contributed by atoms with E-state index < -0.39 is 0 Å². The molecule has 0 radical (unpaired) electrons. The van der Waals surface area contributed by atoms with Crippen LogP contribution in [-0.4, -0.2) is 29.5 Å². The van der Waals surface area contributed by atoms with Crippen LogP contribution in [0.2, 0.25) is 0 Å². The van der Waals surface area contributed by atoms with Crippen LogP contribution < -0.4 is 5.32 Å². The molecule has 1 heterocycles. The van der Waals surface area contributed by atoms with Gasteiger partial charge in [0.1, 0.15) is 5.69 Å². The smallest absolute Gasteiger partial charge is 0.292 e. The number of anilines is 1. The summed E-state index contributed by atoms with van der Waals surface area (Å²) in [7, 11) is 0. The van der Waals surface area contributed by atoms with Crippen LogP contribution in [0.1, 0.15) is 44.6 Å². The van der Waals surface area contributed by atoms with Gasteiger partial charge in [-0.3, -0.25) is 15.0 Å². The third-order valence-electron chi connectivity index (χ3n) is 3.93. The van der Waals surface area contributed by atoms with Crippen LogP contribution in [-0.2, 0) is 6.54 Å². The van der Waals surface area contributed by atoms with Crippen molar-refractivity contribution < 1.29 is 4.92 Å². The summed E-state index contributed by atoms with van der Waals surface area (Å²) in [5.41, 5.74) is 1.97. The second-order valence-corrected chi connectivity index (χ2v) is 5.73. The van der Waals surface area contributed by atoms with E-state index in [9.17, 15) is 10.1 Å². The van der Waals surface area contributed by atoms with E-state index >= 15 is 0 Å². The molecule has 21 heavy (non-hydrogen) atoms. The van der Waals surface area contributed by atoms with Crippen LogP contribution in [0.5, 0.6) is 0 Å². The zero-order valence-corrected chi connectivity index (χ0v) is 12.8. The number of nitro benzene ring substituents is 1. The van der Waals surface area contributed by atoms with Gasteiger partial charge in [0.2, 0.25) is 0 Å². The normalized spacial score (nSPS) is 16.4. The molecular formula is C16H25N3O2. The fourth-order valence-corrected chi connectivity index (χ4v) is 2.79. The van der Waals surface area contributed by atoms with Gasteiger partial charge in [0.25, 0.3) is 5.69 Å². The summed E-state index contributed by atoms with van der Waals surface area (Å²) in [6, 6.07) is 5.46. The van der Waals surface area contributed by atoms with Crippen molar-refractivity contribution in [3.05, 3.63) is 33.9 Å². The molecule has 2 rings (SSSR count). The SMILES string of the molecule is CCCNc1cc(CN2CCCCCC2)ccc1[N+](=O)[O-]. The lowest BCUT2D eigenvalue weighted by Crippen LogP contribution is -2.24. The number of nitrogens with one attached hydrogen (secondary N) is 1. The van der Waals surface area contributed by atoms with Gasteiger partial charge in [-0.05, 0) is 44.0 Å². The Morgan fingerprint density at radius 2 is 1.95 bits per heavy atom. The van der Waals surface area contributed by atoms with Crippen LogP contribution in [0.25, 0.3) is 0 Å². The first-order valence-corrected chi connectivity index (χ1v) is 7.94. The van der Waals surface area contributed by atoms with Crippen molar-refractivity contribution in [3.8, 4) is 0 Å². The molecule has 1 aliphatic heterocycles. The number of rotatable bonds is 6. The minimum Gasteiger partial charge on any atom is -0.379 e. The minimum atomic E-state index is -0.312. The van der Waals surface area contributed by atoms with E-state index in [0.29, 0.717) is 5.69 Å². The van der Waals surface area contributed by atoms with Gasteiger partial charge in [-0.2, -0.15) is 0 Å². The average molecular weight is 291 g/mol. The maximum Gasteiger partial charge on any atom is 0.292 e. The highest BCUT2D eigenvalue weighted by atomic mass is 16.6. The number of hydrogen-bond acceptors (Lipinski definition) is 4. The molecule has 1 saturated heterocycles. The molecule has 0 amide bonds. The number of hydrogen-bond donors (Lipinski definition) is 1. The molecule has 1 aromatic carbocycles. The Hall–Kier alpha value is -1.62. The number of nitrogens with zero attached hydrogens (tertiary/aromatic N) is 2. The van der Waals surface area contributed by atoms with Crippen LogP contribution in [0, 0.1) is 10.1 Å². The molecule has 5 heteroatoms. The monoisotopic (exact) mass is 291 g/mol. The van der Waals surface area contributed by atoms with Gasteiger partial charge < -0.3 is 5.32 Å². The molecule has 0 unspecified atom stereocenters. The lowest BCUT2D eigenvalue weighted by molar-refractivity contribution is -0.384. The van der Waals surface area contributed by atoms with E-state index in [1.54, 1.807) is 6.07 Å². The van der Waals surface area contributed by atoms with Crippen LogP contribution in [0.15, 0.2) is 18.2 Å². The molecule has 0 saturated carbocycles. The summed E-state index contributed by atoms with van der Waals surface area (Å²) in [5, 5.41) is 14.3. The van der Waals surface area contributed by atoms with Crippen molar-refractivity contribution in [1.82, 2.24) is 4.90 Å². The Morgan fingerprint density at radius 3 is 2.57 bits per heavy atom. The van der Waals surface area contributed by atoms with Crippen molar-refractivity contribution in [1.29, 1.82) is 0 Å². The molecule has 0 atom stereocenters. The second-order valence-electron chi connectivity index (χ2n) is 5.73. The van der Waals surface area contributed by atoms with Crippen molar-refractivity contribution in [2.24, 2.45) is 0 Å². The molecule has 1 N–H and O–H groups in total. The molecule has 1 aromatic rings. The van der Waals surface area contributed by atoms with Gasteiger partial charge in [-0.25, -0.2) is 0 Å². The van der Waals surface area contributed by atoms with Gasteiger partial charge in [-0.1, -0.05) is 25.8 Å². The Morgan fingerprint density at radius 1 is 1.24 bits per heavy atom. The molecule has 1 aliphatic rings. The molecule has 1 fully saturated rings. The molecule has 0 aromatic heterocycles. The number of likely N-dealkylation sites (tertiary alicyclic amines) is 1. The molecule has 0 bridgehead atoms. The lowest BCUT2D eigenvalue weighted by Gasteiger charge is -2.20. The predicted octanol–water partition coefficient (Wildman–Crippen LogP) is 3.79. The standard InChI is InChI=1S/C16H25N3O2/c1-2-9-17-15-12-14(7-8-16(15)19(20)21)13-18-10-5-3-4-6-11-18/h7-8,12,17H,2-6,9-11,13H2,1H3. The zero-order valence-electron chi connectivity index (χ0n) is 12.8. The fraction of sp³-hybridized carbons (Fsp3) is 0.625. The van der Waals surface area contributed by atoms with Crippen LogP contribution in [0.3, 0.4) is 0 Å². The van der Waals surface area contributed by atoms with Crippen molar-refractivity contribution in [2.45, 2.75) is 45.6 Å². The molecular weight excluding hydrogens is 266 g/mol. The summed E-state index contributed by atoms with van der Waals surface area (Å²) in [4.78, 5) is 13.2. The summed E-state index contributed by atoms with van der Waals surface area (Å²) < 4.78 is 0. The van der Waals surface area contributed by atoms with E-state index in [0.717, 1.165) is 38.2 Å². The zero-order chi connectivity index (χ0) is 15.1. The van der Waals surface area contributed by atoms with Crippen molar-refractivity contribution >= 4 is 11.4 Å². The summed E-state index contributed by atoms with van der Waals surface area (Å²) in [6.45, 7) is 5.97. The maximum absolute atomic E-state index is 11.1. The first-order chi connectivity index (χ1) is 10.2. The Balaban J connectivity index is 2.10. The van der Waals surface area contributed by atoms with Gasteiger partial charge in [0.15, 0.2) is 0 Å². The van der Waals surface area contributed by atoms with Crippen molar-refractivity contribution in [2.75, 3.05) is 25.0 Å². The number of benzene rings is 1. The quantitative estimate of drug-likeness (QED) is 0.640. The Bertz CT molecular complexity index is 469. The Kier molecular flexibility index (Phi) is 5.99. The third kappa shape index (κ3) is 4.70. The molecule has 0 aliphatic carbocycles. The average Bonchev–Trinajstić information content (AvgIpc) is 2.73. The number of nitro groups is 1. The summed E-state index contributed by atoms with van der Waals surface area (Å²) in [5.74, 6) is 0. The highest BCUT2D eigenvalue weighted by molar-refractivity contribution is 5.62. The highest BCUT2D eigenvalue weighted by Gasteiger charge is 2.15. The second kappa shape index (κ2) is 7.98. The van der Waals surface area contributed by atoms with Gasteiger partial charge >= 0.3 is 0 Å². The maximum atomic E-state index is 11.1. The Labute approximate surface area is 126 Å². The van der Waals surface area contributed by atoms with Gasteiger partial charge in [-0.15, -0.1) is 0 Å². The predicted molar refractivity (Wildman–Crippen MR) is 85.6 cm³/mol.